The van der Waals surface area contributed by atoms with Crippen molar-refractivity contribution >= 4 is 27.3 Å². The summed E-state index contributed by atoms with van der Waals surface area (Å²) in [4.78, 5) is 10.8. The molecule has 18 heavy (non-hydrogen) atoms. The van der Waals surface area contributed by atoms with Crippen molar-refractivity contribution in [1.82, 2.24) is 4.31 Å². The highest BCUT2D eigenvalue weighted by molar-refractivity contribution is 7.89. The van der Waals surface area contributed by atoms with Crippen LogP contribution in [0.5, 0.6) is 0 Å². The summed E-state index contributed by atoms with van der Waals surface area (Å²) < 4.78 is 25.6. The number of rotatable bonds is 6. The highest BCUT2D eigenvalue weighted by atomic mass is 32.2. The molecule has 0 bridgehead atoms. The fourth-order valence-electron chi connectivity index (χ4n) is 1.41. The minimum Gasteiger partial charge on any atom is -0.477 e. The van der Waals surface area contributed by atoms with Crippen LogP contribution < -0.4 is 0 Å². The van der Waals surface area contributed by atoms with Crippen LogP contribution in [0.15, 0.2) is 16.3 Å². The predicted molar refractivity (Wildman–Crippen MR) is 70.5 cm³/mol. The molecule has 0 spiro atoms. The Hall–Kier alpha value is -0.920. The number of hydrogen-bond donors (Lipinski definition) is 1. The molecule has 1 N–H and O–H groups in total. The Morgan fingerprint density at radius 2 is 2.17 bits per heavy atom. The molecule has 102 valence electrons. The summed E-state index contributed by atoms with van der Waals surface area (Å²) in [6, 6.07) is 1.20. The van der Waals surface area contributed by atoms with Crippen molar-refractivity contribution in [2.45, 2.75) is 25.2 Å². The third-order valence-corrected chi connectivity index (χ3v) is 5.63. The maximum absolute atomic E-state index is 12.2. The Balaban J connectivity index is 2.94. The molecular formula is C11H17NO4S2. The molecule has 0 fully saturated rings. The van der Waals surface area contributed by atoms with Crippen molar-refractivity contribution in [3.8, 4) is 0 Å². The average Bonchev–Trinajstić information content (AvgIpc) is 2.78. The molecule has 0 aliphatic heterocycles. The second kappa shape index (κ2) is 5.81. The second-order valence-corrected chi connectivity index (χ2v) is 7.21. The van der Waals surface area contributed by atoms with E-state index in [1.54, 1.807) is 0 Å². The van der Waals surface area contributed by atoms with Gasteiger partial charge in [0.25, 0.3) is 0 Å². The number of sulfonamides is 1. The van der Waals surface area contributed by atoms with Gasteiger partial charge in [0.15, 0.2) is 0 Å². The van der Waals surface area contributed by atoms with E-state index in [1.807, 2.05) is 13.8 Å². The van der Waals surface area contributed by atoms with Crippen LogP contribution in [0.2, 0.25) is 0 Å². The van der Waals surface area contributed by atoms with E-state index in [4.69, 9.17) is 5.11 Å². The first-order valence-corrected chi connectivity index (χ1v) is 7.89. The van der Waals surface area contributed by atoms with Gasteiger partial charge in [0.1, 0.15) is 4.88 Å². The van der Waals surface area contributed by atoms with Gasteiger partial charge in [0, 0.05) is 19.0 Å². The van der Waals surface area contributed by atoms with E-state index >= 15 is 0 Å². The van der Waals surface area contributed by atoms with E-state index in [1.165, 1.54) is 22.8 Å². The summed E-state index contributed by atoms with van der Waals surface area (Å²) in [6.45, 7) is 4.40. The average molecular weight is 291 g/mol. The lowest BCUT2D eigenvalue weighted by Crippen LogP contribution is -2.30. The van der Waals surface area contributed by atoms with Crippen LogP contribution in [0.1, 0.15) is 29.9 Å². The van der Waals surface area contributed by atoms with E-state index in [-0.39, 0.29) is 15.7 Å². The number of thiophene rings is 1. The molecule has 0 saturated carbocycles. The van der Waals surface area contributed by atoms with E-state index in [9.17, 15) is 13.2 Å². The quantitative estimate of drug-likeness (QED) is 0.871. The van der Waals surface area contributed by atoms with Crippen molar-refractivity contribution in [2.75, 3.05) is 13.6 Å². The number of carboxylic acids is 1. The Morgan fingerprint density at radius 3 is 2.61 bits per heavy atom. The smallest absolute Gasteiger partial charge is 0.345 e. The van der Waals surface area contributed by atoms with Crippen LogP contribution >= 0.6 is 11.3 Å². The number of carbonyl (C=O) groups is 1. The van der Waals surface area contributed by atoms with Gasteiger partial charge in [-0.1, -0.05) is 20.3 Å². The standard InChI is InChI=1S/C11H17NO4S2/c1-4-8(2)6-12(3)18(15,16)9-5-10(11(13)14)17-7-9/h5,7-8H,4,6H2,1-3H3,(H,13,14). The number of aromatic carboxylic acids is 1. The van der Waals surface area contributed by atoms with Gasteiger partial charge in [-0.15, -0.1) is 11.3 Å². The zero-order valence-corrected chi connectivity index (χ0v) is 12.2. The normalized spacial score (nSPS) is 13.8. The van der Waals surface area contributed by atoms with E-state index in [0.717, 1.165) is 17.8 Å². The summed E-state index contributed by atoms with van der Waals surface area (Å²) in [5.41, 5.74) is 0. The van der Waals surface area contributed by atoms with Crippen molar-refractivity contribution in [3.05, 3.63) is 16.3 Å². The first kappa shape index (κ1) is 15.1. The van der Waals surface area contributed by atoms with Gasteiger partial charge in [0.05, 0.1) is 4.90 Å². The molecule has 0 saturated heterocycles. The van der Waals surface area contributed by atoms with Gasteiger partial charge in [0.2, 0.25) is 10.0 Å². The summed E-state index contributed by atoms with van der Waals surface area (Å²) >= 11 is 0.921. The molecule has 1 rings (SSSR count). The van der Waals surface area contributed by atoms with Crippen molar-refractivity contribution in [2.24, 2.45) is 5.92 Å². The van der Waals surface area contributed by atoms with Gasteiger partial charge >= 0.3 is 5.97 Å². The molecule has 0 amide bonds. The van der Waals surface area contributed by atoms with Crippen molar-refractivity contribution < 1.29 is 18.3 Å². The zero-order valence-electron chi connectivity index (χ0n) is 10.6. The lowest BCUT2D eigenvalue weighted by Gasteiger charge is -2.19. The summed E-state index contributed by atoms with van der Waals surface area (Å²) in [7, 11) is -2.06. The van der Waals surface area contributed by atoms with Gasteiger partial charge in [-0.25, -0.2) is 17.5 Å². The lowest BCUT2D eigenvalue weighted by atomic mass is 10.1. The third kappa shape index (κ3) is 3.30. The van der Waals surface area contributed by atoms with Crippen molar-refractivity contribution in [1.29, 1.82) is 0 Å². The maximum atomic E-state index is 12.2. The van der Waals surface area contributed by atoms with E-state index in [0.29, 0.717) is 6.54 Å². The number of nitrogens with zero attached hydrogens (tertiary/aromatic N) is 1. The minimum absolute atomic E-state index is 0.0329. The Bertz CT molecular complexity index is 521. The van der Waals surface area contributed by atoms with Crippen LogP contribution in [-0.2, 0) is 10.0 Å². The van der Waals surface area contributed by atoms with Gasteiger partial charge in [-0.2, -0.15) is 0 Å². The molecule has 1 aromatic rings. The van der Waals surface area contributed by atoms with Crippen LogP contribution in [0.4, 0.5) is 0 Å². The van der Waals surface area contributed by atoms with Gasteiger partial charge in [-0.3, -0.25) is 0 Å². The first-order chi connectivity index (χ1) is 8.28. The lowest BCUT2D eigenvalue weighted by molar-refractivity contribution is 0.0702. The number of hydrogen-bond acceptors (Lipinski definition) is 4. The van der Waals surface area contributed by atoms with Crippen molar-refractivity contribution in [3.63, 3.8) is 0 Å². The second-order valence-electron chi connectivity index (χ2n) is 4.25. The Labute approximate surface area is 111 Å². The number of carboxylic acid groups (broad SMARTS) is 1. The summed E-state index contributed by atoms with van der Waals surface area (Å²) in [5, 5.41) is 10.2. The minimum atomic E-state index is -3.58. The molecule has 1 unspecified atom stereocenters. The fourth-order valence-corrected chi connectivity index (χ4v) is 3.80. The summed E-state index contributed by atoms with van der Waals surface area (Å²) in [5.74, 6) is -0.839. The maximum Gasteiger partial charge on any atom is 0.345 e. The summed E-state index contributed by atoms with van der Waals surface area (Å²) in [6.07, 6.45) is 0.893. The first-order valence-electron chi connectivity index (χ1n) is 5.57. The van der Waals surface area contributed by atoms with Crippen LogP contribution in [0.25, 0.3) is 0 Å². The predicted octanol–water partition coefficient (Wildman–Crippen LogP) is 2.11. The molecule has 1 aromatic heterocycles. The van der Waals surface area contributed by atoms with E-state index < -0.39 is 16.0 Å². The highest BCUT2D eigenvalue weighted by Gasteiger charge is 2.24. The largest absolute Gasteiger partial charge is 0.477 e. The monoisotopic (exact) mass is 291 g/mol. The molecule has 0 aliphatic carbocycles. The van der Waals surface area contributed by atoms with Crippen LogP contribution in [0, 0.1) is 5.92 Å². The molecule has 1 atom stereocenters. The molecule has 0 aliphatic rings. The SMILES string of the molecule is CCC(C)CN(C)S(=O)(=O)c1csc(C(=O)O)c1. The molecule has 5 nitrogen and oxygen atoms in total. The molecule has 0 aromatic carbocycles. The Morgan fingerprint density at radius 1 is 1.56 bits per heavy atom. The molecule has 0 radical (unpaired) electrons. The molecule has 1 heterocycles. The topological polar surface area (TPSA) is 74.7 Å². The van der Waals surface area contributed by atoms with E-state index in [2.05, 4.69) is 0 Å². The molecular weight excluding hydrogens is 274 g/mol. The van der Waals surface area contributed by atoms with Crippen LogP contribution in [-0.4, -0.2) is 37.4 Å². The Kier molecular flexibility index (Phi) is 4.89. The third-order valence-electron chi connectivity index (χ3n) is 2.76. The van der Waals surface area contributed by atoms with Gasteiger partial charge in [-0.05, 0) is 12.0 Å². The fraction of sp³-hybridized carbons (Fsp3) is 0.545. The zero-order chi connectivity index (χ0) is 13.9. The highest BCUT2D eigenvalue weighted by Crippen LogP contribution is 2.22. The molecule has 7 heteroatoms. The van der Waals surface area contributed by atoms with Gasteiger partial charge < -0.3 is 5.11 Å². The van der Waals surface area contributed by atoms with Crippen LogP contribution in [0.3, 0.4) is 0 Å².